The van der Waals surface area contributed by atoms with Crippen LogP contribution in [0.2, 0.25) is 0 Å². The lowest BCUT2D eigenvalue weighted by Crippen LogP contribution is -2.56. The van der Waals surface area contributed by atoms with Gasteiger partial charge in [-0.3, -0.25) is 9.59 Å². The van der Waals surface area contributed by atoms with E-state index >= 15 is 0 Å². The van der Waals surface area contributed by atoms with Gasteiger partial charge < -0.3 is 16.0 Å². The highest BCUT2D eigenvalue weighted by molar-refractivity contribution is 5.89. The maximum atomic E-state index is 12.5. The van der Waals surface area contributed by atoms with E-state index in [1.54, 1.807) is 0 Å². The molecular formula is C16H31N3O2. The third-order valence-electron chi connectivity index (χ3n) is 4.87. The molecule has 21 heavy (non-hydrogen) atoms. The molecule has 0 aromatic heterocycles. The van der Waals surface area contributed by atoms with Gasteiger partial charge in [-0.05, 0) is 26.2 Å². The van der Waals surface area contributed by atoms with E-state index in [-0.39, 0.29) is 29.7 Å². The molecule has 5 nitrogen and oxygen atoms in total. The quantitative estimate of drug-likeness (QED) is 0.748. The molecule has 1 saturated heterocycles. The van der Waals surface area contributed by atoms with Crippen molar-refractivity contribution in [1.29, 1.82) is 0 Å². The minimum absolute atomic E-state index is 0.0452. The van der Waals surface area contributed by atoms with Gasteiger partial charge in [-0.2, -0.15) is 0 Å². The molecule has 0 radical (unpaired) electrons. The Kier molecular flexibility index (Phi) is 6.20. The van der Waals surface area contributed by atoms with Crippen molar-refractivity contribution in [2.45, 2.75) is 65.5 Å². The zero-order valence-electron chi connectivity index (χ0n) is 14.1. The topological polar surface area (TPSA) is 75.4 Å². The smallest absolute Gasteiger partial charge is 0.225 e. The Morgan fingerprint density at radius 1 is 1.48 bits per heavy atom. The molecule has 3 unspecified atom stereocenters. The zero-order valence-corrected chi connectivity index (χ0v) is 14.1. The Morgan fingerprint density at radius 3 is 2.57 bits per heavy atom. The van der Waals surface area contributed by atoms with Crippen LogP contribution in [0.1, 0.15) is 53.9 Å². The molecule has 1 fully saturated rings. The summed E-state index contributed by atoms with van der Waals surface area (Å²) >= 11 is 0. The third-order valence-corrected chi connectivity index (χ3v) is 4.87. The van der Waals surface area contributed by atoms with Crippen molar-refractivity contribution < 1.29 is 9.59 Å². The molecule has 0 bridgehead atoms. The van der Waals surface area contributed by atoms with E-state index in [2.05, 4.69) is 19.2 Å². The number of amides is 2. The number of nitrogens with one attached hydrogen (secondary N) is 1. The molecule has 0 spiro atoms. The highest BCUT2D eigenvalue weighted by Crippen LogP contribution is 2.24. The van der Waals surface area contributed by atoms with Crippen molar-refractivity contribution in [2.75, 3.05) is 13.1 Å². The van der Waals surface area contributed by atoms with Crippen LogP contribution >= 0.6 is 0 Å². The number of carbonyl (C=O) groups is 2. The van der Waals surface area contributed by atoms with Gasteiger partial charge in [-0.15, -0.1) is 0 Å². The first-order valence-corrected chi connectivity index (χ1v) is 8.06. The van der Waals surface area contributed by atoms with Gasteiger partial charge in [0.2, 0.25) is 11.8 Å². The number of rotatable bonds is 7. The molecule has 3 atom stereocenters. The van der Waals surface area contributed by atoms with Gasteiger partial charge in [0.15, 0.2) is 0 Å². The standard InChI is InChI=1S/C16H31N3O2/c1-6-7-12(4)19-9-13(8-14(19)20)15(21)18-16(5,10-17)11(2)3/h11-13H,6-10,17H2,1-5H3,(H,18,21). The van der Waals surface area contributed by atoms with Gasteiger partial charge in [0.05, 0.1) is 11.5 Å². The molecule has 0 aromatic carbocycles. The van der Waals surface area contributed by atoms with Crippen molar-refractivity contribution in [3.05, 3.63) is 0 Å². The number of nitrogens with two attached hydrogens (primary N) is 1. The molecule has 1 rings (SSSR count). The van der Waals surface area contributed by atoms with Gasteiger partial charge in [-0.1, -0.05) is 27.2 Å². The zero-order chi connectivity index (χ0) is 16.2. The number of hydrogen-bond donors (Lipinski definition) is 2. The SMILES string of the molecule is CCCC(C)N1CC(C(=O)NC(C)(CN)C(C)C)CC1=O. The molecule has 1 heterocycles. The highest BCUT2D eigenvalue weighted by atomic mass is 16.2. The first kappa shape index (κ1) is 18.0. The molecule has 0 aliphatic carbocycles. The summed E-state index contributed by atoms with van der Waals surface area (Å²) in [5.74, 6) is 0.0476. The van der Waals surface area contributed by atoms with Crippen molar-refractivity contribution >= 4 is 11.8 Å². The Morgan fingerprint density at radius 2 is 2.10 bits per heavy atom. The first-order chi connectivity index (χ1) is 9.75. The first-order valence-electron chi connectivity index (χ1n) is 8.06. The summed E-state index contributed by atoms with van der Waals surface area (Å²) < 4.78 is 0. The summed E-state index contributed by atoms with van der Waals surface area (Å²) in [6, 6.07) is 0.214. The molecule has 1 aliphatic heterocycles. The van der Waals surface area contributed by atoms with E-state index in [9.17, 15) is 9.59 Å². The third kappa shape index (κ3) is 4.19. The van der Waals surface area contributed by atoms with E-state index in [1.807, 2.05) is 25.7 Å². The van der Waals surface area contributed by atoms with Crippen LogP contribution in [0.15, 0.2) is 0 Å². The largest absolute Gasteiger partial charge is 0.349 e. The fourth-order valence-corrected chi connectivity index (χ4v) is 2.72. The maximum Gasteiger partial charge on any atom is 0.225 e. The van der Waals surface area contributed by atoms with Crippen LogP contribution in [0.5, 0.6) is 0 Å². The Labute approximate surface area is 128 Å². The molecule has 2 amide bonds. The average Bonchev–Trinajstić information content (AvgIpc) is 2.81. The van der Waals surface area contributed by atoms with E-state index in [1.165, 1.54) is 0 Å². The van der Waals surface area contributed by atoms with Gasteiger partial charge in [-0.25, -0.2) is 0 Å². The second-order valence-electron chi connectivity index (χ2n) is 6.85. The fourth-order valence-electron chi connectivity index (χ4n) is 2.72. The number of likely N-dealkylation sites (tertiary alicyclic amines) is 1. The number of hydrogen-bond acceptors (Lipinski definition) is 3. The number of carbonyl (C=O) groups excluding carboxylic acids is 2. The van der Waals surface area contributed by atoms with E-state index in [0.717, 1.165) is 12.8 Å². The van der Waals surface area contributed by atoms with Crippen molar-refractivity contribution in [3.8, 4) is 0 Å². The minimum atomic E-state index is -0.414. The van der Waals surface area contributed by atoms with Crippen molar-refractivity contribution in [3.63, 3.8) is 0 Å². The van der Waals surface area contributed by atoms with Gasteiger partial charge in [0.25, 0.3) is 0 Å². The Hall–Kier alpha value is -1.10. The lowest BCUT2D eigenvalue weighted by atomic mass is 9.87. The predicted molar refractivity (Wildman–Crippen MR) is 84.6 cm³/mol. The summed E-state index contributed by atoms with van der Waals surface area (Å²) in [5.41, 5.74) is 5.39. The molecule has 0 aromatic rings. The molecule has 3 N–H and O–H groups in total. The van der Waals surface area contributed by atoms with Crippen LogP contribution in [0, 0.1) is 11.8 Å². The summed E-state index contributed by atoms with van der Waals surface area (Å²) in [6.07, 6.45) is 2.34. The van der Waals surface area contributed by atoms with Gasteiger partial charge in [0.1, 0.15) is 0 Å². The lowest BCUT2D eigenvalue weighted by molar-refractivity contribution is -0.130. The van der Waals surface area contributed by atoms with Gasteiger partial charge in [0, 0.05) is 25.6 Å². The van der Waals surface area contributed by atoms with Crippen LogP contribution in [0.4, 0.5) is 0 Å². The summed E-state index contributed by atoms with van der Waals surface area (Å²) in [6.45, 7) is 11.1. The maximum absolute atomic E-state index is 12.5. The monoisotopic (exact) mass is 297 g/mol. The van der Waals surface area contributed by atoms with Crippen LogP contribution in [0.3, 0.4) is 0 Å². The Bertz CT molecular complexity index is 384. The molecule has 1 aliphatic rings. The summed E-state index contributed by atoms with van der Waals surface area (Å²) in [4.78, 5) is 26.4. The normalized spacial score (nSPS) is 23.3. The van der Waals surface area contributed by atoms with Crippen LogP contribution < -0.4 is 11.1 Å². The summed E-state index contributed by atoms with van der Waals surface area (Å²) in [5, 5.41) is 3.05. The van der Waals surface area contributed by atoms with Crippen molar-refractivity contribution in [2.24, 2.45) is 17.6 Å². The lowest BCUT2D eigenvalue weighted by Gasteiger charge is -2.34. The van der Waals surface area contributed by atoms with Crippen LogP contribution in [-0.2, 0) is 9.59 Å². The highest BCUT2D eigenvalue weighted by Gasteiger charge is 2.39. The van der Waals surface area contributed by atoms with Crippen molar-refractivity contribution in [1.82, 2.24) is 10.2 Å². The minimum Gasteiger partial charge on any atom is -0.349 e. The molecule has 122 valence electrons. The summed E-state index contributed by atoms with van der Waals surface area (Å²) in [7, 11) is 0. The predicted octanol–water partition coefficient (Wildman–Crippen LogP) is 1.51. The molecule has 5 heteroatoms. The Balaban J connectivity index is 2.67. The van der Waals surface area contributed by atoms with Crippen LogP contribution in [0.25, 0.3) is 0 Å². The van der Waals surface area contributed by atoms with Crippen LogP contribution in [-0.4, -0.2) is 41.4 Å². The van der Waals surface area contributed by atoms with E-state index in [0.29, 0.717) is 19.5 Å². The van der Waals surface area contributed by atoms with E-state index in [4.69, 9.17) is 5.73 Å². The second-order valence-corrected chi connectivity index (χ2v) is 6.85. The molecular weight excluding hydrogens is 266 g/mol. The van der Waals surface area contributed by atoms with E-state index < -0.39 is 5.54 Å². The second kappa shape index (κ2) is 7.25. The fraction of sp³-hybridized carbons (Fsp3) is 0.875. The van der Waals surface area contributed by atoms with Gasteiger partial charge >= 0.3 is 0 Å². The average molecular weight is 297 g/mol. The number of nitrogens with zero attached hydrogens (tertiary/aromatic N) is 1. The molecule has 0 saturated carbocycles.